The van der Waals surface area contributed by atoms with Crippen LogP contribution in [-0.4, -0.2) is 25.5 Å². The largest absolute Gasteiger partial charge is 0.351 e. The molecule has 0 bridgehead atoms. The van der Waals surface area contributed by atoms with E-state index in [1.807, 2.05) is 12.3 Å². The lowest BCUT2D eigenvalue weighted by Gasteiger charge is -2.29. The molecule has 2 heterocycles. The fourth-order valence-corrected chi connectivity index (χ4v) is 2.98. The number of carbonyl (C=O) groups is 1. The molecule has 0 unspecified atom stereocenters. The highest BCUT2D eigenvalue weighted by atomic mass is 16.1. The molecule has 0 aromatic carbocycles. The number of hydrogen-bond donors (Lipinski definition) is 1. The van der Waals surface area contributed by atoms with Gasteiger partial charge in [0.1, 0.15) is 12.2 Å². The minimum absolute atomic E-state index is 0.0745. The summed E-state index contributed by atoms with van der Waals surface area (Å²) in [7, 11) is 0. The zero-order valence-electron chi connectivity index (χ0n) is 12.0. The number of H-pyrrole nitrogens is 1. The fourth-order valence-electron chi connectivity index (χ4n) is 2.98. The molecule has 0 spiro atoms. The van der Waals surface area contributed by atoms with E-state index in [1.54, 1.807) is 0 Å². The van der Waals surface area contributed by atoms with Crippen LogP contribution in [0, 0.1) is 5.41 Å². The first-order valence-corrected chi connectivity index (χ1v) is 7.11. The van der Waals surface area contributed by atoms with Crippen LogP contribution < -0.4 is 0 Å². The van der Waals surface area contributed by atoms with Gasteiger partial charge < -0.3 is 4.57 Å². The lowest BCUT2D eigenvalue weighted by molar-refractivity contribution is 0.0910. The number of aromatic amines is 1. The lowest BCUT2D eigenvalue weighted by Crippen LogP contribution is -2.28. The maximum absolute atomic E-state index is 12.1. The van der Waals surface area contributed by atoms with Crippen LogP contribution in [0.5, 0.6) is 0 Å². The molecule has 3 rings (SSSR count). The van der Waals surface area contributed by atoms with E-state index in [2.05, 4.69) is 33.6 Å². The van der Waals surface area contributed by atoms with Crippen molar-refractivity contribution in [2.45, 2.75) is 46.1 Å². The van der Waals surface area contributed by atoms with Crippen molar-refractivity contribution in [3.63, 3.8) is 0 Å². The predicted molar refractivity (Wildman–Crippen MR) is 75.6 cm³/mol. The van der Waals surface area contributed by atoms with Crippen LogP contribution in [0.4, 0.5) is 0 Å². The smallest absolute Gasteiger partial charge is 0.165 e. The summed E-state index contributed by atoms with van der Waals surface area (Å²) in [5.74, 6) is 1.20. The standard InChI is InChI=1S/C15H20N4O/c1-15(2)8-12-11(13(20)9-15)5-7-19(12)6-3-4-14-16-10-17-18-14/h5,7,10H,3-4,6,8-9H2,1-2H3,(H,16,17,18). The van der Waals surface area contributed by atoms with E-state index >= 15 is 0 Å². The zero-order valence-corrected chi connectivity index (χ0v) is 12.0. The summed E-state index contributed by atoms with van der Waals surface area (Å²) < 4.78 is 2.23. The molecule has 2 aromatic rings. The quantitative estimate of drug-likeness (QED) is 0.929. The molecule has 0 amide bonds. The van der Waals surface area contributed by atoms with E-state index in [0.717, 1.165) is 37.2 Å². The molecule has 0 aliphatic heterocycles. The van der Waals surface area contributed by atoms with Crippen molar-refractivity contribution in [2.75, 3.05) is 0 Å². The van der Waals surface area contributed by atoms with Gasteiger partial charge in [-0.05, 0) is 24.3 Å². The molecule has 0 radical (unpaired) electrons. The number of aryl methyl sites for hydroxylation is 2. The Labute approximate surface area is 118 Å². The van der Waals surface area contributed by atoms with Gasteiger partial charge in [0.25, 0.3) is 0 Å². The number of ketones is 1. The zero-order chi connectivity index (χ0) is 14.2. The summed E-state index contributed by atoms with van der Waals surface area (Å²) in [6.07, 6.45) is 7.08. The summed E-state index contributed by atoms with van der Waals surface area (Å²) in [4.78, 5) is 16.3. The number of fused-ring (bicyclic) bond motifs is 1. The molecule has 1 aliphatic rings. The lowest BCUT2D eigenvalue weighted by atomic mass is 9.76. The highest BCUT2D eigenvalue weighted by molar-refractivity contribution is 5.98. The van der Waals surface area contributed by atoms with E-state index in [9.17, 15) is 4.79 Å². The van der Waals surface area contributed by atoms with E-state index < -0.39 is 0 Å². The summed E-state index contributed by atoms with van der Waals surface area (Å²) in [6, 6.07) is 1.97. The molecule has 106 valence electrons. The molecule has 5 heteroatoms. The normalized spacial score (nSPS) is 17.2. The van der Waals surface area contributed by atoms with Crippen molar-refractivity contribution >= 4 is 5.78 Å². The summed E-state index contributed by atoms with van der Waals surface area (Å²) in [5.41, 5.74) is 2.19. The third-order valence-electron chi connectivity index (χ3n) is 3.94. The Morgan fingerprint density at radius 1 is 1.40 bits per heavy atom. The number of aromatic nitrogens is 4. The van der Waals surface area contributed by atoms with Crippen LogP contribution in [0.2, 0.25) is 0 Å². The van der Waals surface area contributed by atoms with Gasteiger partial charge in [-0.1, -0.05) is 13.8 Å². The molecule has 0 saturated heterocycles. The molecule has 1 aliphatic carbocycles. The van der Waals surface area contributed by atoms with Crippen LogP contribution in [0.3, 0.4) is 0 Å². The van der Waals surface area contributed by atoms with Gasteiger partial charge in [0, 0.05) is 36.8 Å². The van der Waals surface area contributed by atoms with Crippen LogP contribution in [0.1, 0.15) is 48.6 Å². The Kier molecular flexibility index (Phi) is 3.20. The maximum Gasteiger partial charge on any atom is 0.165 e. The first-order chi connectivity index (χ1) is 9.55. The van der Waals surface area contributed by atoms with Gasteiger partial charge in [-0.25, -0.2) is 4.98 Å². The van der Waals surface area contributed by atoms with Gasteiger partial charge in [0.05, 0.1) is 0 Å². The molecule has 5 nitrogen and oxygen atoms in total. The summed E-state index contributed by atoms with van der Waals surface area (Å²) >= 11 is 0. The topological polar surface area (TPSA) is 63.6 Å². The van der Waals surface area contributed by atoms with Crippen molar-refractivity contribution in [3.05, 3.63) is 35.7 Å². The van der Waals surface area contributed by atoms with Crippen LogP contribution in [0.15, 0.2) is 18.6 Å². The Morgan fingerprint density at radius 3 is 3.00 bits per heavy atom. The van der Waals surface area contributed by atoms with Crippen molar-refractivity contribution in [1.82, 2.24) is 19.7 Å². The number of hydrogen-bond acceptors (Lipinski definition) is 3. The molecular formula is C15H20N4O. The molecule has 1 N–H and O–H groups in total. The Morgan fingerprint density at radius 2 is 2.25 bits per heavy atom. The minimum atomic E-state index is 0.0745. The Hall–Kier alpha value is -1.91. The third-order valence-corrected chi connectivity index (χ3v) is 3.94. The van der Waals surface area contributed by atoms with Gasteiger partial charge in [-0.2, -0.15) is 5.10 Å². The second kappa shape index (κ2) is 4.89. The Bertz CT molecular complexity index is 610. The molecular weight excluding hydrogens is 252 g/mol. The highest BCUT2D eigenvalue weighted by Gasteiger charge is 2.32. The van der Waals surface area contributed by atoms with E-state index in [1.165, 1.54) is 12.0 Å². The molecule has 0 fully saturated rings. The van der Waals surface area contributed by atoms with E-state index in [-0.39, 0.29) is 11.2 Å². The van der Waals surface area contributed by atoms with Gasteiger partial charge >= 0.3 is 0 Å². The molecule has 0 atom stereocenters. The van der Waals surface area contributed by atoms with Crippen LogP contribution in [-0.2, 0) is 19.4 Å². The third kappa shape index (κ3) is 2.53. The first kappa shape index (κ1) is 13.1. The molecule has 2 aromatic heterocycles. The van der Waals surface area contributed by atoms with Crippen molar-refractivity contribution in [2.24, 2.45) is 5.41 Å². The number of Topliss-reactive ketones (excluding diaryl/α,β-unsaturated/α-hetero) is 1. The second-order valence-corrected chi connectivity index (χ2v) is 6.35. The number of nitrogens with one attached hydrogen (secondary N) is 1. The number of nitrogens with zero attached hydrogens (tertiary/aromatic N) is 3. The fraction of sp³-hybridized carbons (Fsp3) is 0.533. The van der Waals surface area contributed by atoms with Crippen LogP contribution in [0.25, 0.3) is 0 Å². The van der Waals surface area contributed by atoms with E-state index in [4.69, 9.17) is 0 Å². The SMILES string of the molecule is CC1(C)CC(=O)c2ccn(CCCc3ncn[nH]3)c2C1. The number of rotatable bonds is 4. The predicted octanol–water partition coefficient (Wildman–Crippen LogP) is 2.39. The van der Waals surface area contributed by atoms with Crippen molar-refractivity contribution in [3.8, 4) is 0 Å². The van der Waals surface area contributed by atoms with Gasteiger partial charge in [-0.15, -0.1) is 0 Å². The van der Waals surface area contributed by atoms with E-state index in [0.29, 0.717) is 6.42 Å². The molecule has 20 heavy (non-hydrogen) atoms. The first-order valence-electron chi connectivity index (χ1n) is 7.11. The van der Waals surface area contributed by atoms with Gasteiger partial charge in [0.15, 0.2) is 5.78 Å². The average molecular weight is 272 g/mol. The van der Waals surface area contributed by atoms with Crippen molar-refractivity contribution in [1.29, 1.82) is 0 Å². The second-order valence-electron chi connectivity index (χ2n) is 6.35. The highest BCUT2D eigenvalue weighted by Crippen LogP contribution is 2.35. The molecule has 0 saturated carbocycles. The Balaban J connectivity index is 1.71. The van der Waals surface area contributed by atoms with Crippen molar-refractivity contribution < 1.29 is 4.79 Å². The maximum atomic E-state index is 12.1. The monoisotopic (exact) mass is 272 g/mol. The summed E-state index contributed by atoms with van der Waals surface area (Å²) in [5, 5.41) is 6.72. The average Bonchev–Trinajstić information content (AvgIpc) is 2.98. The van der Waals surface area contributed by atoms with Crippen LogP contribution >= 0.6 is 0 Å². The van der Waals surface area contributed by atoms with Gasteiger partial charge in [-0.3, -0.25) is 9.89 Å². The minimum Gasteiger partial charge on any atom is -0.351 e. The van der Waals surface area contributed by atoms with Gasteiger partial charge in [0.2, 0.25) is 0 Å². The summed E-state index contributed by atoms with van der Waals surface area (Å²) in [6.45, 7) is 5.25. The number of carbonyl (C=O) groups excluding carboxylic acids is 1.